The Kier molecular flexibility index (Phi) is 8.89. The molecule has 0 aromatic heterocycles. The van der Waals surface area contributed by atoms with Gasteiger partial charge in [-0.3, -0.25) is 4.79 Å². The molecular weight excluding hydrogens is 236 g/mol. The van der Waals surface area contributed by atoms with Crippen molar-refractivity contribution in [2.24, 2.45) is 17.6 Å². The molecule has 0 heterocycles. The van der Waals surface area contributed by atoms with Crippen molar-refractivity contribution in [1.82, 2.24) is 5.32 Å². The molecule has 0 saturated heterocycles. The average molecular weight is 268 g/mol. The van der Waals surface area contributed by atoms with Crippen molar-refractivity contribution in [3.63, 3.8) is 0 Å². The van der Waals surface area contributed by atoms with Gasteiger partial charge in [0.1, 0.15) is 0 Å². The van der Waals surface area contributed by atoms with Crippen LogP contribution in [0.1, 0.15) is 71.1 Å². The Bertz CT molecular complexity index is 243. The smallest absolute Gasteiger partial charge is 0.223 e. The molecular formula is C16H32N2O. The van der Waals surface area contributed by atoms with E-state index < -0.39 is 0 Å². The number of rotatable bonds is 9. The van der Waals surface area contributed by atoms with Crippen molar-refractivity contribution in [2.45, 2.75) is 71.1 Å². The van der Waals surface area contributed by atoms with Crippen LogP contribution >= 0.6 is 0 Å². The van der Waals surface area contributed by atoms with Crippen molar-refractivity contribution < 1.29 is 4.79 Å². The van der Waals surface area contributed by atoms with E-state index in [1.54, 1.807) is 0 Å². The number of carbonyl (C=O) groups is 1. The van der Waals surface area contributed by atoms with E-state index in [-0.39, 0.29) is 11.8 Å². The molecule has 1 aliphatic rings. The average Bonchev–Trinajstić information content (AvgIpc) is 2.46. The first-order chi connectivity index (χ1) is 9.29. The second kappa shape index (κ2) is 10.2. The second-order valence-corrected chi connectivity index (χ2v) is 5.95. The van der Waals surface area contributed by atoms with Gasteiger partial charge in [0, 0.05) is 12.5 Å². The fraction of sp³-hybridized carbons (Fsp3) is 0.938. The molecule has 3 N–H and O–H groups in total. The minimum Gasteiger partial charge on any atom is -0.356 e. The SMILES string of the molecule is CCCCCCCCNC(=O)C1CCCCC1CN. The Labute approximate surface area is 118 Å². The maximum absolute atomic E-state index is 12.1. The molecule has 1 saturated carbocycles. The highest BCUT2D eigenvalue weighted by atomic mass is 16.1. The van der Waals surface area contributed by atoms with Crippen LogP contribution in [-0.4, -0.2) is 19.0 Å². The largest absolute Gasteiger partial charge is 0.356 e. The number of amides is 1. The van der Waals surface area contributed by atoms with E-state index in [0.717, 1.165) is 25.8 Å². The summed E-state index contributed by atoms with van der Waals surface area (Å²) in [6.45, 7) is 3.74. The third kappa shape index (κ3) is 6.42. The quantitative estimate of drug-likeness (QED) is 0.631. The van der Waals surface area contributed by atoms with Crippen molar-refractivity contribution in [2.75, 3.05) is 13.1 Å². The lowest BCUT2D eigenvalue weighted by Crippen LogP contribution is -2.39. The van der Waals surface area contributed by atoms with Gasteiger partial charge >= 0.3 is 0 Å². The number of unbranched alkanes of at least 4 members (excludes halogenated alkanes) is 5. The minimum atomic E-state index is 0.179. The summed E-state index contributed by atoms with van der Waals surface area (Å²) in [7, 11) is 0. The van der Waals surface area contributed by atoms with Crippen LogP contribution in [0.4, 0.5) is 0 Å². The topological polar surface area (TPSA) is 55.1 Å². The van der Waals surface area contributed by atoms with Crippen LogP contribution in [0, 0.1) is 11.8 Å². The first-order valence-electron chi connectivity index (χ1n) is 8.27. The van der Waals surface area contributed by atoms with E-state index in [1.165, 1.54) is 44.9 Å². The van der Waals surface area contributed by atoms with Crippen LogP contribution in [0.25, 0.3) is 0 Å². The molecule has 0 bridgehead atoms. The molecule has 1 amide bonds. The molecule has 0 spiro atoms. The first-order valence-corrected chi connectivity index (χ1v) is 8.27. The molecule has 2 atom stereocenters. The lowest BCUT2D eigenvalue weighted by Gasteiger charge is -2.29. The highest BCUT2D eigenvalue weighted by Crippen LogP contribution is 2.29. The zero-order valence-corrected chi connectivity index (χ0v) is 12.6. The zero-order chi connectivity index (χ0) is 13.9. The predicted molar refractivity (Wildman–Crippen MR) is 80.9 cm³/mol. The number of hydrogen-bond acceptors (Lipinski definition) is 2. The van der Waals surface area contributed by atoms with E-state index >= 15 is 0 Å². The fourth-order valence-electron chi connectivity index (χ4n) is 3.08. The third-order valence-corrected chi connectivity index (χ3v) is 4.38. The standard InChI is InChI=1S/C16H32N2O/c1-2-3-4-5-6-9-12-18-16(19)15-11-8-7-10-14(15)13-17/h14-15H,2-13,17H2,1H3,(H,18,19). The van der Waals surface area contributed by atoms with Gasteiger partial charge in [-0.1, -0.05) is 51.9 Å². The van der Waals surface area contributed by atoms with Gasteiger partial charge in [-0.15, -0.1) is 0 Å². The monoisotopic (exact) mass is 268 g/mol. The van der Waals surface area contributed by atoms with Crippen LogP contribution in [0.3, 0.4) is 0 Å². The maximum Gasteiger partial charge on any atom is 0.223 e. The van der Waals surface area contributed by atoms with Gasteiger partial charge in [0.25, 0.3) is 0 Å². The van der Waals surface area contributed by atoms with Gasteiger partial charge in [-0.2, -0.15) is 0 Å². The van der Waals surface area contributed by atoms with Crippen LogP contribution in [0.2, 0.25) is 0 Å². The Balaban J connectivity index is 2.09. The molecule has 0 aromatic carbocycles. The maximum atomic E-state index is 12.1. The Hall–Kier alpha value is -0.570. The van der Waals surface area contributed by atoms with Crippen molar-refractivity contribution >= 4 is 5.91 Å². The van der Waals surface area contributed by atoms with E-state index in [2.05, 4.69) is 12.2 Å². The summed E-state index contributed by atoms with van der Waals surface area (Å²) in [5.74, 6) is 0.848. The van der Waals surface area contributed by atoms with Gasteiger partial charge in [0.15, 0.2) is 0 Å². The molecule has 1 fully saturated rings. The molecule has 1 rings (SSSR count). The van der Waals surface area contributed by atoms with E-state index in [9.17, 15) is 4.79 Å². The molecule has 0 radical (unpaired) electrons. The molecule has 19 heavy (non-hydrogen) atoms. The van der Waals surface area contributed by atoms with Gasteiger partial charge < -0.3 is 11.1 Å². The number of nitrogens with two attached hydrogens (primary N) is 1. The van der Waals surface area contributed by atoms with Crippen LogP contribution in [-0.2, 0) is 4.79 Å². The van der Waals surface area contributed by atoms with Gasteiger partial charge in [-0.05, 0) is 31.7 Å². The lowest BCUT2D eigenvalue weighted by molar-refractivity contribution is -0.127. The summed E-state index contributed by atoms with van der Waals surface area (Å²) in [6.07, 6.45) is 12.2. The summed E-state index contributed by atoms with van der Waals surface area (Å²) >= 11 is 0. The molecule has 112 valence electrons. The molecule has 3 nitrogen and oxygen atoms in total. The van der Waals surface area contributed by atoms with Crippen molar-refractivity contribution in [3.8, 4) is 0 Å². The number of carbonyl (C=O) groups excluding carboxylic acids is 1. The molecule has 3 heteroatoms. The highest BCUT2D eigenvalue weighted by Gasteiger charge is 2.29. The normalized spacial score (nSPS) is 23.3. The van der Waals surface area contributed by atoms with E-state index in [4.69, 9.17) is 5.73 Å². The second-order valence-electron chi connectivity index (χ2n) is 5.95. The highest BCUT2D eigenvalue weighted by molar-refractivity contribution is 5.79. The van der Waals surface area contributed by atoms with Gasteiger partial charge in [-0.25, -0.2) is 0 Å². The summed E-state index contributed by atoms with van der Waals surface area (Å²) < 4.78 is 0. The summed E-state index contributed by atoms with van der Waals surface area (Å²) in [6, 6.07) is 0. The summed E-state index contributed by atoms with van der Waals surface area (Å²) in [5, 5.41) is 3.11. The molecule has 2 unspecified atom stereocenters. The minimum absolute atomic E-state index is 0.179. The third-order valence-electron chi connectivity index (χ3n) is 4.38. The van der Waals surface area contributed by atoms with Gasteiger partial charge in [0.2, 0.25) is 5.91 Å². The summed E-state index contributed by atoms with van der Waals surface area (Å²) in [4.78, 5) is 12.1. The van der Waals surface area contributed by atoms with Crippen LogP contribution in [0.15, 0.2) is 0 Å². The lowest BCUT2D eigenvalue weighted by atomic mass is 9.79. The van der Waals surface area contributed by atoms with E-state index in [1.807, 2.05) is 0 Å². The number of nitrogens with one attached hydrogen (secondary N) is 1. The fourth-order valence-corrected chi connectivity index (χ4v) is 3.08. The first kappa shape index (κ1) is 16.5. The van der Waals surface area contributed by atoms with Gasteiger partial charge in [0.05, 0.1) is 0 Å². The Morgan fingerprint density at radius 1 is 1.11 bits per heavy atom. The Morgan fingerprint density at radius 2 is 1.79 bits per heavy atom. The van der Waals surface area contributed by atoms with Crippen LogP contribution in [0.5, 0.6) is 0 Å². The molecule has 0 aromatic rings. The summed E-state index contributed by atoms with van der Waals surface area (Å²) in [5.41, 5.74) is 5.77. The van der Waals surface area contributed by atoms with Crippen LogP contribution < -0.4 is 11.1 Å². The van der Waals surface area contributed by atoms with Crippen molar-refractivity contribution in [1.29, 1.82) is 0 Å². The molecule has 1 aliphatic carbocycles. The van der Waals surface area contributed by atoms with E-state index in [0.29, 0.717) is 12.5 Å². The Morgan fingerprint density at radius 3 is 2.53 bits per heavy atom. The zero-order valence-electron chi connectivity index (χ0n) is 12.6. The predicted octanol–water partition coefficient (Wildman–Crippen LogP) is 3.23. The molecule has 0 aliphatic heterocycles. The van der Waals surface area contributed by atoms with Crippen molar-refractivity contribution in [3.05, 3.63) is 0 Å². The number of hydrogen-bond donors (Lipinski definition) is 2.